The minimum absolute atomic E-state index is 0.286. The van der Waals surface area contributed by atoms with Crippen LogP contribution in [0.1, 0.15) is 39.1 Å². The molecule has 0 fully saturated rings. The van der Waals surface area contributed by atoms with E-state index in [4.69, 9.17) is 5.73 Å². The van der Waals surface area contributed by atoms with E-state index in [9.17, 15) is 0 Å². The first-order valence-corrected chi connectivity index (χ1v) is 6.06. The molecule has 4 heteroatoms. The van der Waals surface area contributed by atoms with E-state index in [1.807, 2.05) is 13.8 Å². The van der Waals surface area contributed by atoms with Crippen LogP contribution in [0, 0.1) is 25.2 Å². The second-order valence-electron chi connectivity index (χ2n) is 5.78. The normalized spacial score (nSPS) is 13.5. The number of aryl methyl sites for hydroxylation is 1. The van der Waals surface area contributed by atoms with Crippen LogP contribution < -0.4 is 11.1 Å². The lowest BCUT2D eigenvalue weighted by Gasteiger charge is -2.27. The van der Waals surface area contributed by atoms with Crippen molar-refractivity contribution < 1.29 is 0 Å². The molecular formula is C13H24N4. The van der Waals surface area contributed by atoms with Gasteiger partial charge in [0.2, 0.25) is 0 Å². The first-order chi connectivity index (χ1) is 7.71. The van der Waals surface area contributed by atoms with E-state index in [-0.39, 0.29) is 5.41 Å². The number of anilines is 2. The Morgan fingerprint density at radius 1 is 1.24 bits per heavy atom. The Labute approximate surface area is 104 Å². The highest BCUT2D eigenvalue weighted by Gasteiger charge is 2.20. The molecule has 0 aliphatic heterocycles. The van der Waals surface area contributed by atoms with Crippen LogP contribution >= 0.6 is 0 Å². The maximum Gasteiger partial charge on any atom is 0.134 e. The van der Waals surface area contributed by atoms with Crippen LogP contribution in [0.2, 0.25) is 0 Å². The molecule has 0 amide bonds. The van der Waals surface area contributed by atoms with E-state index in [0.717, 1.165) is 17.9 Å². The SMILES string of the molecule is Cc1nc(N)c(C)c(NCC(C)C(C)(C)C)n1. The van der Waals surface area contributed by atoms with Gasteiger partial charge in [0.25, 0.3) is 0 Å². The predicted molar refractivity (Wildman–Crippen MR) is 73.0 cm³/mol. The summed E-state index contributed by atoms with van der Waals surface area (Å²) < 4.78 is 0. The summed E-state index contributed by atoms with van der Waals surface area (Å²) in [5, 5.41) is 3.37. The van der Waals surface area contributed by atoms with Crippen LogP contribution in [0.15, 0.2) is 0 Å². The molecule has 96 valence electrons. The molecule has 1 aromatic heterocycles. The van der Waals surface area contributed by atoms with Gasteiger partial charge in [-0.25, -0.2) is 9.97 Å². The van der Waals surface area contributed by atoms with Gasteiger partial charge in [0.05, 0.1) is 0 Å². The predicted octanol–water partition coefficient (Wildman–Crippen LogP) is 2.77. The standard InChI is InChI=1S/C13H24N4/c1-8(13(4,5)6)7-15-12-9(2)11(14)16-10(3)17-12/h8H,7H2,1-6H3,(H3,14,15,16,17). The highest BCUT2D eigenvalue weighted by Crippen LogP contribution is 2.26. The van der Waals surface area contributed by atoms with Gasteiger partial charge in [-0.1, -0.05) is 27.7 Å². The van der Waals surface area contributed by atoms with Crippen molar-refractivity contribution in [1.29, 1.82) is 0 Å². The topological polar surface area (TPSA) is 63.8 Å². The molecule has 1 unspecified atom stereocenters. The van der Waals surface area contributed by atoms with Crippen molar-refractivity contribution in [2.75, 3.05) is 17.6 Å². The number of aromatic nitrogens is 2. The molecule has 0 aliphatic carbocycles. The Hall–Kier alpha value is -1.32. The molecule has 0 saturated heterocycles. The highest BCUT2D eigenvalue weighted by atomic mass is 15.1. The van der Waals surface area contributed by atoms with E-state index in [2.05, 4.69) is 43.0 Å². The van der Waals surface area contributed by atoms with E-state index < -0.39 is 0 Å². The average molecular weight is 236 g/mol. The molecule has 1 heterocycles. The van der Waals surface area contributed by atoms with Crippen LogP contribution in [0.5, 0.6) is 0 Å². The minimum atomic E-state index is 0.286. The van der Waals surface area contributed by atoms with Gasteiger partial charge in [0.1, 0.15) is 17.5 Å². The molecule has 0 bridgehead atoms. The molecule has 0 radical (unpaired) electrons. The number of nitrogens with zero attached hydrogens (tertiary/aromatic N) is 2. The van der Waals surface area contributed by atoms with Crippen LogP contribution in [0.3, 0.4) is 0 Å². The van der Waals surface area contributed by atoms with Crippen molar-refractivity contribution in [3.05, 3.63) is 11.4 Å². The van der Waals surface area contributed by atoms with Gasteiger partial charge in [0, 0.05) is 12.1 Å². The van der Waals surface area contributed by atoms with Crippen molar-refractivity contribution in [2.45, 2.75) is 41.5 Å². The lowest BCUT2D eigenvalue weighted by atomic mass is 9.82. The minimum Gasteiger partial charge on any atom is -0.383 e. The molecule has 17 heavy (non-hydrogen) atoms. The number of hydrogen-bond donors (Lipinski definition) is 2. The van der Waals surface area contributed by atoms with Gasteiger partial charge in [-0.05, 0) is 25.2 Å². The fourth-order valence-corrected chi connectivity index (χ4v) is 1.38. The van der Waals surface area contributed by atoms with Crippen LogP contribution in [-0.2, 0) is 0 Å². The molecule has 3 N–H and O–H groups in total. The third kappa shape index (κ3) is 3.58. The fraction of sp³-hybridized carbons (Fsp3) is 0.692. The van der Waals surface area contributed by atoms with Crippen molar-refractivity contribution in [2.24, 2.45) is 11.3 Å². The van der Waals surface area contributed by atoms with Crippen LogP contribution in [0.25, 0.3) is 0 Å². The van der Waals surface area contributed by atoms with Crippen LogP contribution in [0.4, 0.5) is 11.6 Å². The third-order valence-electron chi connectivity index (χ3n) is 3.35. The largest absolute Gasteiger partial charge is 0.383 e. The van der Waals surface area contributed by atoms with Gasteiger partial charge in [-0.3, -0.25) is 0 Å². The summed E-state index contributed by atoms with van der Waals surface area (Å²) >= 11 is 0. The van der Waals surface area contributed by atoms with Crippen molar-refractivity contribution in [3.63, 3.8) is 0 Å². The summed E-state index contributed by atoms with van der Waals surface area (Å²) in [5.74, 6) is 2.67. The molecule has 4 nitrogen and oxygen atoms in total. The second kappa shape index (κ2) is 4.90. The molecule has 0 aromatic carbocycles. The molecule has 0 aliphatic rings. The fourth-order valence-electron chi connectivity index (χ4n) is 1.38. The highest BCUT2D eigenvalue weighted by molar-refractivity contribution is 5.54. The quantitative estimate of drug-likeness (QED) is 0.847. The maximum atomic E-state index is 5.82. The number of hydrogen-bond acceptors (Lipinski definition) is 4. The Morgan fingerprint density at radius 2 is 1.82 bits per heavy atom. The number of nitrogens with one attached hydrogen (secondary N) is 1. The zero-order valence-electron chi connectivity index (χ0n) is 11.8. The van der Waals surface area contributed by atoms with Gasteiger partial charge >= 0.3 is 0 Å². The summed E-state index contributed by atoms with van der Waals surface area (Å²) in [5.41, 5.74) is 7.04. The Balaban J connectivity index is 2.76. The number of nitrogen functional groups attached to an aromatic ring is 1. The first-order valence-electron chi connectivity index (χ1n) is 6.06. The van der Waals surface area contributed by atoms with Gasteiger partial charge < -0.3 is 11.1 Å². The molecule has 0 spiro atoms. The monoisotopic (exact) mass is 236 g/mol. The van der Waals surface area contributed by atoms with E-state index in [1.54, 1.807) is 0 Å². The molecule has 0 saturated carbocycles. The summed E-state index contributed by atoms with van der Waals surface area (Å²) in [6.07, 6.45) is 0. The summed E-state index contributed by atoms with van der Waals surface area (Å²) in [6, 6.07) is 0. The zero-order valence-corrected chi connectivity index (χ0v) is 11.8. The van der Waals surface area contributed by atoms with Crippen LogP contribution in [-0.4, -0.2) is 16.5 Å². The van der Waals surface area contributed by atoms with Gasteiger partial charge in [-0.2, -0.15) is 0 Å². The lowest BCUT2D eigenvalue weighted by molar-refractivity contribution is 0.274. The zero-order chi connectivity index (χ0) is 13.2. The van der Waals surface area contributed by atoms with E-state index in [1.165, 1.54) is 0 Å². The number of rotatable bonds is 3. The molecule has 1 aromatic rings. The Kier molecular flexibility index (Phi) is 3.96. The van der Waals surface area contributed by atoms with E-state index >= 15 is 0 Å². The number of nitrogens with two attached hydrogens (primary N) is 1. The lowest BCUT2D eigenvalue weighted by Crippen LogP contribution is -2.25. The molecular weight excluding hydrogens is 212 g/mol. The average Bonchev–Trinajstić information content (AvgIpc) is 2.19. The third-order valence-corrected chi connectivity index (χ3v) is 3.35. The van der Waals surface area contributed by atoms with Crippen molar-refractivity contribution in [3.8, 4) is 0 Å². The smallest absolute Gasteiger partial charge is 0.134 e. The maximum absolute atomic E-state index is 5.82. The Bertz CT molecular complexity index is 393. The first kappa shape index (κ1) is 13.7. The van der Waals surface area contributed by atoms with E-state index in [0.29, 0.717) is 17.6 Å². The second-order valence-corrected chi connectivity index (χ2v) is 5.78. The molecule has 1 atom stereocenters. The summed E-state index contributed by atoms with van der Waals surface area (Å²) in [6.45, 7) is 13.6. The summed E-state index contributed by atoms with van der Waals surface area (Å²) in [7, 11) is 0. The van der Waals surface area contributed by atoms with Gasteiger partial charge in [0.15, 0.2) is 0 Å². The van der Waals surface area contributed by atoms with Gasteiger partial charge in [-0.15, -0.1) is 0 Å². The van der Waals surface area contributed by atoms with Crippen molar-refractivity contribution >= 4 is 11.6 Å². The van der Waals surface area contributed by atoms with Crippen molar-refractivity contribution in [1.82, 2.24) is 9.97 Å². The summed E-state index contributed by atoms with van der Waals surface area (Å²) in [4.78, 5) is 8.52. The Morgan fingerprint density at radius 3 is 2.35 bits per heavy atom. The molecule has 1 rings (SSSR count).